The molecule has 5 heteroatoms. The number of pyridine rings is 2. The highest BCUT2D eigenvalue weighted by Crippen LogP contribution is 2.20. The molecule has 0 fully saturated rings. The summed E-state index contributed by atoms with van der Waals surface area (Å²) in [5.74, 6) is -1.39. The second-order valence-corrected chi connectivity index (χ2v) is 2.74. The maximum absolute atomic E-state index is 12.7. The van der Waals surface area contributed by atoms with Crippen molar-refractivity contribution in [1.82, 2.24) is 9.97 Å². The van der Waals surface area contributed by atoms with Crippen LogP contribution in [0.3, 0.4) is 0 Å². The highest BCUT2D eigenvalue weighted by atomic mass is 19.1. The topological polar surface area (TPSA) is 35.0 Å². The monoisotopic (exact) mass is 208 g/mol. The third kappa shape index (κ3) is 2.46. The Bertz CT molecular complexity index is 442. The van der Waals surface area contributed by atoms with Crippen molar-refractivity contribution in [3.63, 3.8) is 0 Å². The quantitative estimate of drug-likeness (QED) is 0.711. The zero-order valence-corrected chi connectivity index (χ0v) is 7.52. The van der Waals surface area contributed by atoms with Gasteiger partial charge in [-0.1, -0.05) is 0 Å². The number of halogens is 2. The summed E-state index contributed by atoms with van der Waals surface area (Å²) in [4.78, 5) is 6.74. The molecule has 0 amide bonds. The predicted octanol–water partition coefficient (Wildman–Crippen LogP) is 2.55. The lowest BCUT2D eigenvalue weighted by Crippen LogP contribution is -1.91. The zero-order chi connectivity index (χ0) is 10.7. The van der Waals surface area contributed by atoms with Gasteiger partial charge in [-0.25, -0.2) is 0 Å². The molecule has 0 atom stereocenters. The number of nitrogens with zero attached hydrogens (tertiary/aromatic N) is 2. The van der Waals surface area contributed by atoms with Crippen LogP contribution in [0, 0.1) is 11.9 Å². The maximum Gasteiger partial charge on any atom is 0.219 e. The van der Waals surface area contributed by atoms with Crippen molar-refractivity contribution in [3.05, 3.63) is 48.6 Å². The second kappa shape index (κ2) is 4.00. The fraction of sp³-hybridized carbons (Fsp3) is 0. The number of hydrogen-bond acceptors (Lipinski definition) is 3. The van der Waals surface area contributed by atoms with Gasteiger partial charge in [0.15, 0.2) is 0 Å². The van der Waals surface area contributed by atoms with Crippen LogP contribution in [-0.2, 0) is 0 Å². The lowest BCUT2D eigenvalue weighted by atomic mass is 10.4. The third-order valence-corrected chi connectivity index (χ3v) is 1.61. The van der Waals surface area contributed by atoms with E-state index in [2.05, 4.69) is 9.97 Å². The van der Waals surface area contributed by atoms with Gasteiger partial charge in [0, 0.05) is 18.3 Å². The van der Waals surface area contributed by atoms with E-state index in [1.165, 1.54) is 6.20 Å². The first-order chi connectivity index (χ1) is 7.24. The molecule has 0 saturated heterocycles. The van der Waals surface area contributed by atoms with Crippen LogP contribution in [0.5, 0.6) is 11.5 Å². The average molecular weight is 208 g/mol. The Labute approximate surface area is 84.4 Å². The molecule has 2 aromatic rings. The standard InChI is InChI=1S/C10H6F2N2O/c11-9-4-8(5-10(12)14-9)15-7-2-1-3-13-6-7/h1-6H. The number of hydrogen-bond donors (Lipinski definition) is 0. The third-order valence-electron chi connectivity index (χ3n) is 1.61. The van der Waals surface area contributed by atoms with E-state index in [-0.39, 0.29) is 5.75 Å². The minimum atomic E-state index is -0.922. The fourth-order valence-corrected chi connectivity index (χ4v) is 1.05. The molecule has 2 rings (SSSR count). The first-order valence-corrected chi connectivity index (χ1v) is 4.15. The van der Waals surface area contributed by atoms with E-state index >= 15 is 0 Å². The molecule has 76 valence electrons. The molecule has 0 aliphatic carbocycles. The van der Waals surface area contributed by atoms with Gasteiger partial charge in [-0.15, -0.1) is 0 Å². The molecule has 0 saturated carbocycles. The molecule has 2 aromatic heterocycles. The zero-order valence-electron chi connectivity index (χ0n) is 7.52. The Morgan fingerprint density at radius 3 is 2.40 bits per heavy atom. The van der Waals surface area contributed by atoms with Crippen LogP contribution in [0.4, 0.5) is 8.78 Å². The van der Waals surface area contributed by atoms with E-state index in [9.17, 15) is 8.78 Å². The van der Waals surface area contributed by atoms with Crippen molar-refractivity contribution in [2.24, 2.45) is 0 Å². The molecular weight excluding hydrogens is 202 g/mol. The number of aromatic nitrogens is 2. The second-order valence-electron chi connectivity index (χ2n) is 2.74. The first-order valence-electron chi connectivity index (χ1n) is 4.15. The van der Waals surface area contributed by atoms with Crippen molar-refractivity contribution in [2.45, 2.75) is 0 Å². The molecule has 0 bridgehead atoms. The van der Waals surface area contributed by atoms with E-state index in [4.69, 9.17) is 4.74 Å². The van der Waals surface area contributed by atoms with E-state index < -0.39 is 11.9 Å². The first kappa shape index (κ1) is 9.51. The minimum Gasteiger partial charge on any atom is -0.455 e. The Hall–Kier alpha value is -2.04. The molecule has 0 aromatic carbocycles. The summed E-state index contributed by atoms with van der Waals surface area (Å²) in [7, 11) is 0. The van der Waals surface area contributed by atoms with Crippen LogP contribution in [0.25, 0.3) is 0 Å². The van der Waals surface area contributed by atoms with Crippen molar-refractivity contribution >= 4 is 0 Å². The largest absolute Gasteiger partial charge is 0.455 e. The van der Waals surface area contributed by atoms with Crippen molar-refractivity contribution in [2.75, 3.05) is 0 Å². The number of ether oxygens (including phenoxy) is 1. The predicted molar refractivity (Wildman–Crippen MR) is 48.5 cm³/mol. The highest BCUT2D eigenvalue weighted by molar-refractivity contribution is 5.27. The molecular formula is C10H6F2N2O. The summed E-state index contributed by atoms with van der Waals surface area (Å²) in [6.07, 6.45) is 3.01. The van der Waals surface area contributed by atoms with Gasteiger partial charge in [0.05, 0.1) is 6.20 Å². The van der Waals surface area contributed by atoms with E-state index in [0.717, 1.165) is 12.1 Å². The normalized spacial score (nSPS) is 10.0. The van der Waals surface area contributed by atoms with Gasteiger partial charge in [0.2, 0.25) is 11.9 Å². The summed E-state index contributed by atoms with van der Waals surface area (Å²) in [6.45, 7) is 0. The van der Waals surface area contributed by atoms with E-state index in [0.29, 0.717) is 5.75 Å². The van der Waals surface area contributed by atoms with Gasteiger partial charge >= 0.3 is 0 Å². The molecule has 0 spiro atoms. The average Bonchev–Trinajstić information content (AvgIpc) is 2.17. The Morgan fingerprint density at radius 1 is 1.07 bits per heavy atom. The summed E-state index contributed by atoms with van der Waals surface area (Å²) >= 11 is 0. The summed E-state index contributed by atoms with van der Waals surface area (Å²) in [5.41, 5.74) is 0. The number of rotatable bonds is 2. The van der Waals surface area contributed by atoms with Gasteiger partial charge < -0.3 is 4.74 Å². The van der Waals surface area contributed by atoms with E-state index in [1.807, 2.05) is 0 Å². The molecule has 15 heavy (non-hydrogen) atoms. The van der Waals surface area contributed by atoms with Gasteiger partial charge in [0.1, 0.15) is 11.5 Å². The van der Waals surface area contributed by atoms with Crippen LogP contribution in [-0.4, -0.2) is 9.97 Å². The molecule has 0 aliphatic rings. The molecule has 0 unspecified atom stereocenters. The molecule has 2 heterocycles. The van der Waals surface area contributed by atoms with Crippen molar-refractivity contribution in [1.29, 1.82) is 0 Å². The van der Waals surface area contributed by atoms with Gasteiger partial charge in [-0.05, 0) is 12.1 Å². The molecule has 0 aliphatic heterocycles. The van der Waals surface area contributed by atoms with Crippen LogP contribution >= 0.6 is 0 Å². The highest BCUT2D eigenvalue weighted by Gasteiger charge is 2.03. The SMILES string of the molecule is Fc1cc(Oc2cccnc2)cc(F)n1. The van der Waals surface area contributed by atoms with Gasteiger partial charge in [-0.3, -0.25) is 4.98 Å². The van der Waals surface area contributed by atoms with Crippen LogP contribution in [0.2, 0.25) is 0 Å². The Kier molecular flexibility index (Phi) is 2.53. The van der Waals surface area contributed by atoms with E-state index in [1.54, 1.807) is 18.3 Å². The Morgan fingerprint density at radius 2 is 1.80 bits per heavy atom. The summed E-state index contributed by atoms with van der Waals surface area (Å²) in [6, 6.07) is 5.28. The molecule has 0 radical (unpaired) electrons. The fourth-order valence-electron chi connectivity index (χ4n) is 1.05. The molecule has 0 N–H and O–H groups in total. The molecule has 3 nitrogen and oxygen atoms in total. The van der Waals surface area contributed by atoms with Crippen LogP contribution in [0.1, 0.15) is 0 Å². The lowest BCUT2D eigenvalue weighted by Gasteiger charge is -2.04. The Balaban J connectivity index is 2.25. The lowest BCUT2D eigenvalue weighted by molar-refractivity contribution is 0.450. The maximum atomic E-state index is 12.7. The van der Waals surface area contributed by atoms with Crippen molar-refractivity contribution < 1.29 is 13.5 Å². The minimum absolute atomic E-state index is 0.0491. The van der Waals surface area contributed by atoms with Gasteiger partial charge in [0.25, 0.3) is 0 Å². The van der Waals surface area contributed by atoms with Crippen LogP contribution in [0.15, 0.2) is 36.7 Å². The summed E-state index contributed by atoms with van der Waals surface area (Å²) < 4.78 is 30.5. The van der Waals surface area contributed by atoms with Gasteiger partial charge in [-0.2, -0.15) is 13.8 Å². The summed E-state index contributed by atoms with van der Waals surface area (Å²) in [5, 5.41) is 0. The van der Waals surface area contributed by atoms with Crippen LogP contribution < -0.4 is 4.74 Å². The van der Waals surface area contributed by atoms with Crippen molar-refractivity contribution in [3.8, 4) is 11.5 Å². The smallest absolute Gasteiger partial charge is 0.219 e.